The SMILES string of the molecule is CCc1ccc(-n2c(C)cc(C=Nc3cc([N+](=O)[O-])ccc3O)c2C)cc1. The van der Waals surface area contributed by atoms with E-state index < -0.39 is 4.92 Å². The third-order valence-corrected chi connectivity index (χ3v) is 4.59. The van der Waals surface area contributed by atoms with Crippen LogP contribution >= 0.6 is 0 Å². The van der Waals surface area contributed by atoms with Gasteiger partial charge in [0.2, 0.25) is 0 Å². The number of nitro benzene ring substituents is 1. The van der Waals surface area contributed by atoms with Crippen LogP contribution in [0.1, 0.15) is 29.4 Å². The summed E-state index contributed by atoms with van der Waals surface area (Å²) in [5.41, 5.74) is 5.36. The number of phenols is 1. The maximum absolute atomic E-state index is 10.9. The van der Waals surface area contributed by atoms with E-state index in [1.54, 1.807) is 6.21 Å². The number of aliphatic imine (C=N–C) groups is 1. The normalized spacial score (nSPS) is 11.2. The molecule has 27 heavy (non-hydrogen) atoms. The molecule has 3 rings (SSSR count). The first-order valence-corrected chi connectivity index (χ1v) is 8.70. The van der Waals surface area contributed by atoms with Crippen LogP contribution in [0.4, 0.5) is 11.4 Å². The van der Waals surface area contributed by atoms with Gasteiger partial charge < -0.3 is 9.67 Å². The standard InChI is InChI=1S/C21H21N3O3/c1-4-16-5-7-18(8-6-16)23-14(2)11-17(15(23)3)13-22-20-12-19(24(26)27)9-10-21(20)25/h5-13,25H,4H2,1-3H3. The molecule has 0 saturated carbocycles. The molecule has 138 valence electrons. The van der Waals surface area contributed by atoms with Crippen molar-refractivity contribution in [2.24, 2.45) is 4.99 Å². The summed E-state index contributed by atoms with van der Waals surface area (Å²) in [4.78, 5) is 14.7. The lowest BCUT2D eigenvalue weighted by Crippen LogP contribution is -1.99. The molecular formula is C21H21N3O3. The van der Waals surface area contributed by atoms with Crippen LogP contribution in [0.15, 0.2) is 53.5 Å². The molecule has 0 aliphatic rings. The molecule has 0 bridgehead atoms. The molecule has 1 N–H and O–H groups in total. The summed E-state index contributed by atoms with van der Waals surface area (Å²) >= 11 is 0. The molecule has 0 aliphatic carbocycles. The molecule has 0 aliphatic heterocycles. The lowest BCUT2D eigenvalue weighted by molar-refractivity contribution is -0.384. The fourth-order valence-electron chi connectivity index (χ4n) is 3.06. The monoisotopic (exact) mass is 363 g/mol. The topological polar surface area (TPSA) is 80.7 Å². The highest BCUT2D eigenvalue weighted by molar-refractivity contribution is 5.85. The second-order valence-electron chi connectivity index (χ2n) is 6.37. The predicted molar refractivity (Wildman–Crippen MR) is 107 cm³/mol. The van der Waals surface area contributed by atoms with E-state index in [2.05, 4.69) is 40.7 Å². The van der Waals surface area contributed by atoms with Gasteiger partial charge in [0, 0.05) is 41.0 Å². The van der Waals surface area contributed by atoms with E-state index in [-0.39, 0.29) is 17.1 Å². The highest BCUT2D eigenvalue weighted by Gasteiger charge is 2.11. The Balaban J connectivity index is 1.96. The number of phenolic OH excluding ortho intramolecular Hbond substituents is 1. The van der Waals surface area contributed by atoms with Gasteiger partial charge in [0.25, 0.3) is 5.69 Å². The average Bonchev–Trinajstić information content (AvgIpc) is 2.94. The third kappa shape index (κ3) is 3.74. The van der Waals surface area contributed by atoms with Crippen molar-refractivity contribution >= 4 is 17.6 Å². The molecule has 0 atom stereocenters. The highest BCUT2D eigenvalue weighted by Crippen LogP contribution is 2.30. The van der Waals surface area contributed by atoms with Gasteiger partial charge in [-0.2, -0.15) is 0 Å². The van der Waals surface area contributed by atoms with Crippen LogP contribution in [-0.4, -0.2) is 20.8 Å². The van der Waals surface area contributed by atoms with Crippen molar-refractivity contribution < 1.29 is 10.0 Å². The van der Waals surface area contributed by atoms with Crippen LogP contribution in [0.25, 0.3) is 5.69 Å². The van der Waals surface area contributed by atoms with E-state index in [0.717, 1.165) is 29.1 Å². The number of hydrogen-bond donors (Lipinski definition) is 1. The first-order chi connectivity index (χ1) is 12.9. The lowest BCUT2D eigenvalue weighted by atomic mass is 10.1. The van der Waals surface area contributed by atoms with Gasteiger partial charge in [0.1, 0.15) is 11.4 Å². The summed E-state index contributed by atoms with van der Waals surface area (Å²) in [5.74, 6) is -0.0965. The molecule has 3 aromatic rings. The summed E-state index contributed by atoms with van der Waals surface area (Å²) in [5, 5.41) is 20.8. The van der Waals surface area contributed by atoms with Crippen molar-refractivity contribution in [2.45, 2.75) is 27.2 Å². The summed E-state index contributed by atoms with van der Waals surface area (Å²) in [6.45, 7) is 6.14. The maximum atomic E-state index is 10.9. The Hall–Kier alpha value is -3.41. The largest absolute Gasteiger partial charge is 0.506 e. The number of non-ortho nitro benzene ring substituents is 1. The Kier molecular flexibility index (Phi) is 5.07. The third-order valence-electron chi connectivity index (χ3n) is 4.59. The van der Waals surface area contributed by atoms with Crippen molar-refractivity contribution in [1.29, 1.82) is 0 Å². The van der Waals surface area contributed by atoms with E-state index in [9.17, 15) is 15.2 Å². The van der Waals surface area contributed by atoms with Crippen LogP contribution in [0.5, 0.6) is 5.75 Å². The fourth-order valence-corrected chi connectivity index (χ4v) is 3.06. The van der Waals surface area contributed by atoms with Crippen LogP contribution < -0.4 is 0 Å². The van der Waals surface area contributed by atoms with Gasteiger partial charge in [-0.3, -0.25) is 15.1 Å². The summed E-state index contributed by atoms with van der Waals surface area (Å²) in [6, 6.07) is 14.2. The molecular weight excluding hydrogens is 342 g/mol. The molecule has 0 amide bonds. The Bertz CT molecular complexity index is 1020. The van der Waals surface area contributed by atoms with Gasteiger partial charge in [-0.15, -0.1) is 0 Å². The molecule has 0 saturated heterocycles. The zero-order valence-electron chi connectivity index (χ0n) is 15.5. The molecule has 0 radical (unpaired) electrons. The quantitative estimate of drug-likeness (QED) is 0.392. The van der Waals surface area contributed by atoms with Gasteiger partial charge in [0.05, 0.1) is 4.92 Å². The number of hydrogen-bond acceptors (Lipinski definition) is 4. The number of benzene rings is 2. The van der Waals surface area contributed by atoms with Gasteiger partial charge in [-0.25, -0.2) is 0 Å². The van der Waals surface area contributed by atoms with Crippen molar-refractivity contribution in [2.75, 3.05) is 0 Å². The van der Waals surface area contributed by atoms with Crippen molar-refractivity contribution in [3.05, 3.63) is 81.2 Å². The zero-order chi connectivity index (χ0) is 19.6. The van der Waals surface area contributed by atoms with Crippen LogP contribution in [-0.2, 0) is 6.42 Å². The van der Waals surface area contributed by atoms with E-state index >= 15 is 0 Å². The molecule has 6 nitrogen and oxygen atoms in total. The van der Waals surface area contributed by atoms with E-state index in [4.69, 9.17) is 0 Å². The lowest BCUT2D eigenvalue weighted by Gasteiger charge is -2.10. The van der Waals surface area contributed by atoms with Gasteiger partial charge >= 0.3 is 0 Å². The first-order valence-electron chi connectivity index (χ1n) is 8.70. The number of nitro groups is 1. The molecule has 2 aromatic carbocycles. The Morgan fingerprint density at radius 1 is 1.15 bits per heavy atom. The van der Waals surface area contributed by atoms with Crippen LogP contribution in [0.2, 0.25) is 0 Å². The molecule has 0 unspecified atom stereocenters. The van der Waals surface area contributed by atoms with Crippen molar-refractivity contribution in [1.82, 2.24) is 4.57 Å². The average molecular weight is 363 g/mol. The summed E-state index contributed by atoms with van der Waals surface area (Å²) in [6.07, 6.45) is 2.62. The number of aromatic nitrogens is 1. The van der Waals surface area contributed by atoms with Crippen molar-refractivity contribution in [3.8, 4) is 11.4 Å². The summed E-state index contributed by atoms with van der Waals surface area (Å²) in [7, 11) is 0. The van der Waals surface area contributed by atoms with Crippen LogP contribution in [0, 0.1) is 24.0 Å². The van der Waals surface area contributed by atoms with Crippen LogP contribution in [0.3, 0.4) is 0 Å². The molecule has 6 heteroatoms. The van der Waals surface area contributed by atoms with E-state index in [1.807, 2.05) is 19.9 Å². The van der Waals surface area contributed by atoms with Gasteiger partial charge in [-0.05, 0) is 50.1 Å². The minimum Gasteiger partial charge on any atom is -0.506 e. The van der Waals surface area contributed by atoms with Gasteiger partial charge in [-0.1, -0.05) is 19.1 Å². The number of nitrogens with zero attached hydrogens (tertiary/aromatic N) is 3. The molecule has 1 heterocycles. The minimum absolute atomic E-state index is 0.0965. The van der Waals surface area contributed by atoms with Gasteiger partial charge in [0.15, 0.2) is 0 Å². The smallest absolute Gasteiger partial charge is 0.271 e. The minimum atomic E-state index is -0.510. The highest BCUT2D eigenvalue weighted by atomic mass is 16.6. The fraction of sp³-hybridized carbons (Fsp3) is 0.190. The Labute approximate surface area is 157 Å². The van der Waals surface area contributed by atoms with E-state index in [0.29, 0.717) is 0 Å². The van der Waals surface area contributed by atoms with E-state index in [1.165, 1.54) is 23.8 Å². The zero-order valence-corrected chi connectivity index (χ0v) is 15.5. The number of aryl methyl sites for hydroxylation is 2. The molecule has 1 aromatic heterocycles. The number of rotatable bonds is 5. The maximum Gasteiger partial charge on any atom is 0.271 e. The second kappa shape index (κ2) is 7.45. The molecule has 0 fully saturated rings. The Morgan fingerprint density at radius 2 is 1.85 bits per heavy atom. The first kappa shape index (κ1) is 18.4. The van der Waals surface area contributed by atoms with Crippen molar-refractivity contribution in [3.63, 3.8) is 0 Å². The second-order valence-corrected chi connectivity index (χ2v) is 6.37. The predicted octanol–water partition coefficient (Wildman–Crippen LogP) is 5.02. The Morgan fingerprint density at radius 3 is 2.48 bits per heavy atom. The molecule has 0 spiro atoms. The summed E-state index contributed by atoms with van der Waals surface area (Å²) < 4.78 is 2.13. The number of aromatic hydroxyl groups is 1.